The number of carbonyl (C=O) groups excluding carboxylic acids is 5. The molecule has 5 heterocycles. The lowest BCUT2D eigenvalue weighted by atomic mass is 9.69. The van der Waals surface area contributed by atoms with Crippen molar-refractivity contribution in [3.63, 3.8) is 0 Å². The van der Waals surface area contributed by atoms with E-state index in [-0.39, 0.29) is 43.1 Å². The zero-order chi connectivity index (χ0) is 40.4. The Bertz CT molecular complexity index is 1720. The molecule has 12 atom stereocenters. The van der Waals surface area contributed by atoms with Crippen LogP contribution in [0.2, 0.25) is 0 Å². The highest BCUT2D eigenvalue weighted by atomic mass is 32.1. The number of aliphatic hydroxyl groups is 1. The van der Waals surface area contributed by atoms with E-state index in [4.69, 9.17) is 18.9 Å². The number of ether oxygens (including phenoxy) is 4. The molecule has 3 fully saturated rings. The smallest absolute Gasteiger partial charge is 0.408 e. The molecular weight excluding hydrogens is 727 g/mol. The van der Waals surface area contributed by atoms with Crippen molar-refractivity contribution in [2.24, 2.45) is 35.0 Å². The summed E-state index contributed by atoms with van der Waals surface area (Å²) in [6.45, 7) is 16.0. The number of ketones is 2. The third kappa shape index (κ3) is 9.46. The van der Waals surface area contributed by atoms with Crippen LogP contribution in [0.15, 0.2) is 36.5 Å². The topological polar surface area (TPSA) is 179 Å². The molecule has 0 spiro atoms. The quantitative estimate of drug-likeness (QED) is 0.235. The molecule has 3 N–H and O–H groups in total. The van der Waals surface area contributed by atoms with Gasteiger partial charge in [0.25, 0.3) is 0 Å². The minimum atomic E-state index is -1.51. The van der Waals surface area contributed by atoms with Gasteiger partial charge in [-0.3, -0.25) is 24.2 Å². The molecule has 55 heavy (non-hydrogen) atoms. The van der Waals surface area contributed by atoms with Crippen molar-refractivity contribution in [2.45, 2.75) is 130 Å². The number of fused-ring (bicyclic) bond motifs is 1. The van der Waals surface area contributed by atoms with E-state index in [9.17, 15) is 29.1 Å². The van der Waals surface area contributed by atoms with Gasteiger partial charge in [-0.15, -0.1) is 11.3 Å². The van der Waals surface area contributed by atoms with Crippen LogP contribution in [0, 0.1) is 35.0 Å². The standard InChI is InChI=1S/C41H57N3O10S/c1-21-18-23(3)51-38(33(21)47)53-36-25(5)34(48)26(6)37(49)52-30(15-17-43-31(45)19-27-13-14-29(55-27)28-12-10-11-16-42-28)41(9)35(44-39(50)54-41)24(4)32(46)22(2)20-40(36,7)8/h10-14,16,21-26,30,33,35-36,38,47H,15,17-20H2,1-9H3,(H,43,45)(H,44,50)/t21?,22-,23?,24+,25+,26-,30-,33?,35-,36-,38?,41-/m1/s1. The van der Waals surface area contributed by atoms with Crippen molar-refractivity contribution in [1.82, 2.24) is 15.6 Å². The van der Waals surface area contributed by atoms with E-state index >= 15 is 0 Å². The summed E-state index contributed by atoms with van der Waals surface area (Å²) in [4.78, 5) is 74.5. The van der Waals surface area contributed by atoms with E-state index in [0.29, 0.717) is 12.8 Å². The zero-order valence-corrected chi connectivity index (χ0v) is 34.1. The predicted octanol–water partition coefficient (Wildman–Crippen LogP) is 5.27. The second-order valence-electron chi connectivity index (χ2n) is 16.7. The average molecular weight is 784 g/mol. The summed E-state index contributed by atoms with van der Waals surface area (Å²) in [7, 11) is 0. The number of alkyl carbamates (subject to hydrolysis) is 1. The summed E-state index contributed by atoms with van der Waals surface area (Å²) in [6, 6.07) is 8.54. The molecule has 0 aromatic carbocycles. The van der Waals surface area contributed by atoms with E-state index in [2.05, 4.69) is 15.6 Å². The van der Waals surface area contributed by atoms with Gasteiger partial charge in [0.15, 0.2) is 17.7 Å². The number of Topliss-reactive ketones (excluding diaryl/α,β-unsaturated/α-hetero) is 2. The maximum absolute atomic E-state index is 14.2. The lowest BCUT2D eigenvalue weighted by Crippen LogP contribution is -2.58. The number of amides is 2. The molecule has 0 aliphatic carbocycles. The van der Waals surface area contributed by atoms with Crippen LogP contribution in [-0.2, 0) is 44.5 Å². The van der Waals surface area contributed by atoms with Crippen LogP contribution in [0.4, 0.5) is 4.79 Å². The number of thiophene rings is 1. The summed E-state index contributed by atoms with van der Waals surface area (Å²) in [5.41, 5.74) is -1.51. The second kappa shape index (κ2) is 17.2. The fourth-order valence-electron chi connectivity index (χ4n) is 8.65. The van der Waals surface area contributed by atoms with Gasteiger partial charge in [0.05, 0.1) is 35.2 Å². The Balaban J connectivity index is 1.39. The molecule has 3 aliphatic rings. The number of nitrogens with one attached hydrogen (secondary N) is 2. The first kappa shape index (κ1) is 42.4. The molecule has 0 radical (unpaired) electrons. The van der Waals surface area contributed by atoms with Gasteiger partial charge in [0, 0.05) is 41.8 Å². The molecule has 2 aromatic heterocycles. The van der Waals surface area contributed by atoms with E-state index in [0.717, 1.165) is 15.4 Å². The molecule has 2 amide bonds. The molecule has 302 valence electrons. The molecule has 3 saturated heterocycles. The lowest BCUT2D eigenvalue weighted by Gasteiger charge is -2.45. The average Bonchev–Trinajstić information content (AvgIpc) is 3.73. The van der Waals surface area contributed by atoms with Crippen LogP contribution < -0.4 is 10.6 Å². The first-order chi connectivity index (χ1) is 25.8. The number of esters is 1. The van der Waals surface area contributed by atoms with Crippen molar-refractivity contribution in [1.29, 1.82) is 0 Å². The highest BCUT2D eigenvalue weighted by molar-refractivity contribution is 7.15. The molecule has 13 nitrogen and oxygen atoms in total. The number of hydrogen-bond acceptors (Lipinski definition) is 12. The van der Waals surface area contributed by atoms with Crippen molar-refractivity contribution in [2.75, 3.05) is 6.54 Å². The normalized spacial score (nSPS) is 35.9. The Morgan fingerprint density at radius 3 is 2.44 bits per heavy atom. The summed E-state index contributed by atoms with van der Waals surface area (Å²) in [5, 5.41) is 16.7. The number of aliphatic hydroxyl groups excluding tert-OH is 1. The van der Waals surface area contributed by atoms with Crippen LogP contribution in [-0.4, -0.2) is 88.5 Å². The second-order valence-corrected chi connectivity index (χ2v) is 17.9. The van der Waals surface area contributed by atoms with E-state index in [1.807, 2.05) is 65.0 Å². The SMILES string of the molecule is CC1CC(C)C(O)C(O[C@@H]2[C@@H](C)C(=O)[C@@H](C)C(=O)O[C@H](CCNC(=O)Cc3ccc(-c4ccccn4)s3)[C@@]3(C)OC(=O)N[C@@H]3[C@@H](C)C(=O)[C@H](C)CC2(C)C)O1. The highest BCUT2D eigenvalue weighted by Gasteiger charge is 2.57. The number of aromatic nitrogens is 1. The van der Waals surface area contributed by atoms with E-state index in [1.54, 1.807) is 27.0 Å². The van der Waals surface area contributed by atoms with Crippen molar-refractivity contribution in [3.8, 4) is 10.6 Å². The monoisotopic (exact) mass is 783 g/mol. The van der Waals surface area contributed by atoms with Crippen molar-refractivity contribution >= 4 is 40.9 Å². The van der Waals surface area contributed by atoms with Gasteiger partial charge in [0.2, 0.25) is 5.91 Å². The van der Waals surface area contributed by atoms with Gasteiger partial charge in [-0.2, -0.15) is 0 Å². The van der Waals surface area contributed by atoms with E-state index < -0.39 is 83.2 Å². The number of cyclic esters (lactones) is 1. The molecule has 0 saturated carbocycles. The summed E-state index contributed by atoms with van der Waals surface area (Å²) in [6.07, 6.45) is -2.11. The van der Waals surface area contributed by atoms with Gasteiger partial charge < -0.3 is 34.7 Å². The fourth-order valence-corrected chi connectivity index (χ4v) is 9.63. The number of nitrogens with zero attached hydrogens (tertiary/aromatic N) is 1. The molecular formula is C41H57N3O10S. The van der Waals surface area contributed by atoms with E-state index in [1.165, 1.54) is 18.3 Å². The molecule has 0 bridgehead atoms. The minimum absolute atomic E-state index is 0.0298. The first-order valence-electron chi connectivity index (χ1n) is 19.4. The Labute approximate surface area is 327 Å². The van der Waals surface area contributed by atoms with Crippen LogP contribution >= 0.6 is 11.3 Å². The summed E-state index contributed by atoms with van der Waals surface area (Å²) in [5.74, 6) is -5.26. The molecule has 3 aliphatic heterocycles. The maximum atomic E-state index is 14.2. The van der Waals surface area contributed by atoms with Crippen LogP contribution in [0.25, 0.3) is 10.6 Å². The van der Waals surface area contributed by atoms with Crippen molar-refractivity contribution < 1.29 is 48.0 Å². The van der Waals surface area contributed by atoms with Gasteiger partial charge in [-0.25, -0.2) is 4.79 Å². The largest absolute Gasteiger partial charge is 0.457 e. The van der Waals surface area contributed by atoms with Gasteiger partial charge in [-0.1, -0.05) is 47.6 Å². The number of rotatable bonds is 8. The highest BCUT2D eigenvalue weighted by Crippen LogP contribution is 2.42. The number of hydrogen-bond donors (Lipinski definition) is 3. The van der Waals surface area contributed by atoms with Crippen LogP contribution in [0.1, 0.15) is 86.5 Å². The minimum Gasteiger partial charge on any atom is -0.457 e. The van der Waals surface area contributed by atoms with Crippen molar-refractivity contribution in [3.05, 3.63) is 41.4 Å². The molecule has 2 aromatic rings. The third-order valence-electron chi connectivity index (χ3n) is 11.7. The summed E-state index contributed by atoms with van der Waals surface area (Å²) < 4.78 is 24.5. The molecule has 5 rings (SSSR count). The molecule has 4 unspecified atom stereocenters. The molecule has 14 heteroatoms. The number of pyridine rings is 1. The number of carbonyl (C=O) groups is 5. The maximum Gasteiger partial charge on any atom is 0.408 e. The predicted molar refractivity (Wildman–Crippen MR) is 205 cm³/mol. The Hall–Kier alpha value is -3.72. The zero-order valence-electron chi connectivity index (χ0n) is 33.3. The van der Waals surface area contributed by atoms with Gasteiger partial charge in [-0.05, 0) is 69.2 Å². The van der Waals surface area contributed by atoms with Crippen LogP contribution in [0.5, 0.6) is 0 Å². The first-order valence-corrected chi connectivity index (χ1v) is 20.2. The van der Waals surface area contributed by atoms with Gasteiger partial charge in [0.1, 0.15) is 23.9 Å². The Morgan fingerprint density at radius 2 is 1.75 bits per heavy atom. The van der Waals surface area contributed by atoms with Crippen LogP contribution in [0.3, 0.4) is 0 Å². The Kier molecular flexibility index (Phi) is 13.3. The lowest BCUT2D eigenvalue weighted by molar-refractivity contribution is -0.284. The third-order valence-corrected chi connectivity index (χ3v) is 12.8. The fraction of sp³-hybridized carbons (Fsp3) is 0.659. The van der Waals surface area contributed by atoms with Gasteiger partial charge >= 0.3 is 12.1 Å². The summed E-state index contributed by atoms with van der Waals surface area (Å²) >= 11 is 1.46. The Morgan fingerprint density at radius 1 is 1.02 bits per heavy atom.